The van der Waals surface area contributed by atoms with E-state index in [9.17, 15) is 4.79 Å². The maximum absolute atomic E-state index is 12.1. The van der Waals surface area contributed by atoms with Crippen molar-refractivity contribution in [1.29, 1.82) is 0 Å². The summed E-state index contributed by atoms with van der Waals surface area (Å²) in [5.41, 5.74) is 2.42. The van der Waals surface area contributed by atoms with Crippen LogP contribution in [-0.2, 0) is 11.2 Å². The summed E-state index contributed by atoms with van der Waals surface area (Å²) in [5, 5.41) is 0. The van der Waals surface area contributed by atoms with Crippen LogP contribution in [0, 0.1) is 5.41 Å². The largest absolute Gasteiger partial charge is 0.381 e. The normalized spacial score (nSPS) is 11.6. The molecular formula is C19H30O2. The summed E-state index contributed by atoms with van der Waals surface area (Å²) in [5.74, 6) is 0.243. The fourth-order valence-electron chi connectivity index (χ4n) is 2.30. The minimum Gasteiger partial charge on any atom is -0.381 e. The number of hydrogen-bond donors (Lipinski definition) is 0. The smallest absolute Gasteiger partial charge is 0.162 e. The fourth-order valence-corrected chi connectivity index (χ4v) is 2.30. The van der Waals surface area contributed by atoms with Crippen LogP contribution < -0.4 is 0 Å². The summed E-state index contributed by atoms with van der Waals surface area (Å²) in [7, 11) is 0. The third kappa shape index (κ3) is 8.01. The average molecular weight is 290 g/mol. The Morgan fingerprint density at radius 2 is 1.71 bits per heavy atom. The number of ketones is 1. The zero-order valence-electron chi connectivity index (χ0n) is 14.1. The molecular weight excluding hydrogens is 260 g/mol. The Bertz CT molecular complexity index is 412. The number of hydrogen-bond acceptors (Lipinski definition) is 2. The number of benzene rings is 1. The number of ether oxygens (including phenoxy) is 1. The van der Waals surface area contributed by atoms with Crippen LogP contribution in [-0.4, -0.2) is 19.0 Å². The first-order chi connectivity index (χ1) is 9.92. The lowest BCUT2D eigenvalue weighted by Gasteiger charge is -2.18. The molecule has 0 unspecified atom stereocenters. The summed E-state index contributed by atoms with van der Waals surface area (Å²) in [6, 6.07) is 8.11. The van der Waals surface area contributed by atoms with Crippen LogP contribution in [0.4, 0.5) is 0 Å². The van der Waals surface area contributed by atoms with Crippen molar-refractivity contribution >= 4 is 5.78 Å². The van der Waals surface area contributed by atoms with E-state index in [1.54, 1.807) is 0 Å². The number of rotatable bonds is 9. The first kappa shape index (κ1) is 17.9. The Hall–Kier alpha value is -1.15. The van der Waals surface area contributed by atoms with Crippen molar-refractivity contribution in [3.05, 3.63) is 35.4 Å². The van der Waals surface area contributed by atoms with Crippen molar-refractivity contribution in [1.82, 2.24) is 0 Å². The van der Waals surface area contributed by atoms with Crippen LogP contribution in [0.2, 0.25) is 0 Å². The highest BCUT2D eigenvalue weighted by molar-refractivity contribution is 5.96. The monoisotopic (exact) mass is 290 g/mol. The first-order valence-corrected chi connectivity index (χ1v) is 8.12. The molecule has 1 aromatic carbocycles. The Balaban J connectivity index is 2.34. The molecule has 0 amide bonds. The van der Waals surface area contributed by atoms with Crippen LogP contribution in [0.25, 0.3) is 0 Å². The van der Waals surface area contributed by atoms with Gasteiger partial charge in [-0.2, -0.15) is 0 Å². The van der Waals surface area contributed by atoms with Gasteiger partial charge in [0.15, 0.2) is 5.78 Å². The van der Waals surface area contributed by atoms with Gasteiger partial charge in [0.05, 0.1) is 0 Å². The lowest BCUT2D eigenvalue weighted by Crippen LogP contribution is -2.09. The third-order valence-corrected chi connectivity index (χ3v) is 3.30. The molecule has 0 bridgehead atoms. The number of Topliss-reactive ketones (excluding diaryl/α,β-unsaturated/α-hetero) is 1. The van der Waals surface area contributed by atoms with Gasteiger partial charge in [-0.25, -0.2) is 0 Å². The Morgan fingerprint density at radius 1 is 1.05 bits per heavy atom. The second kappa shape index (κ2) is 8.99. The molecule has 21 heavy (non-hydrogen) atoms. The van der Waals surface area contributed by atoms with Crippen molar-refractivity contribution in [2.45, 2.75) is 59.8 Å². The van der Waals surface area contributed by atoms with Crippen molar-refractivity contribution < 1.29 is 9.53 Å². The van der Waals surface area contributed by atoms with E-state index >= 15 is 0 Å². The van der Waals surface area contributed by atoms with E-state index in [1.807, 2.05) is 12.1 Å². The predicted octanol–water partition coefficient (Wildman–Crippen LogP) is 5.05. The molecule has 0 saturated heterocycles. The van der Waals surface area contributed by atoms with E-state index in [-0.39, 0.29) is 11.2 Å². The predicted molar refractivity (Wildman–Crippen MR) is 88.9 cm³/mol. The summed E-state index contributed by atoms with van der Waals surface area (Å²) >= 11 is 0. The molecule has 0 fully saturated rings. The molecule has 0 saturated carbocycles. The zero-order chi connectivity index (χ0) is 15.7. The quantitative estimate of drug-likeness (QED) is 0.469. The Labute approximate surface area is 129 Å². The molecule has 0 heterocycles. The molecule has 0 spiro atoms. The minimum atomic E-state index is 0.243. The van der Waals surface area contributed by atoms with Gasteiger partial charge < -0.3 is 4.74 Å². The lowest BCUT2D eigenvalue weighted by atomic mass is 9.88. The summed E-state index contributed by atoms with van der Waals surface area (Å²) in [4.78, 5) is 12.1. The van der Waals surface area contributed by atoms with E-state index in [4.69, 9.17) is 4.74 Å². The molecule has 0 aliphatic heterocycles. The van der Waals surface area contributed by atoms with Crippen LogP contribution in [0.1, 0.15) is 69.3 Å². The molecule has 2 nitrogen and oxygen atoms in total. The molecule has 0 aromatic heterocycles. The Kier molecular flexibility index (Phi) is 7.66. The van der Waals surface area contributed by atoms with Gasteiger partial charge in [0.1, 0.15) is 0 Å². The number of carbonyl (C=O) groups is 1. The molecule has 0 N–H and O–H groups in total. The third-order valence-electron chi connectivity index (χ3n) is 3.30. The molecule has 2 heteroatoms. The molecule has 0 radical (unpaired) electrons. The summed E-state index contributed by atoms with van der Waals surface area (Å²) in [6.45, 7) is 10.4. The van der Waals surface area contributed by atoms with E-state index in [0.29, 0.717) is 6.42 Å². The second-order valence-electron chi connectivity index (χ2n) is 6.93. The van der Waals surface area contributed by atoms with Crippen molar-refractivity contribution in [3.8, 4) is 0 Å². The molecule has 0 atom stereocenters. The van der Waals surface area contributed by atoms with Crippen LogP contribution in [0.3, 0.4) is 0 Å². The van der Waals surface area contributed by atoms with Gasteiger partial charge >= 0.3 is 0 Å². The lowest BCUT2D eigenvalue weighted by molar-refractivity contribution is 0.0967. The molecule has 118 valence electrons. The van der Waals surface area contributed by atoms with E-state index in [1.165, 1.54) is 5.56 Å². The minimum absolute atomic E-state index is 0.243. The summed E-state index contributed by atoms with van der Waals surface area (Å²) in [6.07, 6.45) is 4.59. The van der Waals surface area contributed by atoms with Gasteiger partial charge in [-0.15, -0.1) is 0 Å². The van der Waals surface area contributed by atoms with Gasteiger partial charge in [-0.3, -0.25) is 4.79 Å². The van der Waals surface area contributed by atoms with Crippen LogP contribution in [0.5, 0.6) is 0 Å². The maximum Gasteiger partial charge on any atom is 0.162 e. The number of carbonyl (C=O) groups excluding carboxylic acids is 1. The summed E-state index contributed by atoms with van der Waals surface area (Å²) < 4.78 is 5.42. The van der Waals surface area contributed by atoms with E-state index < -0.39 is 0 Å². The highest BCUT2D eigenvalue weighted by Crippen LogP contribution is 2.21. The van der Waals surface area contributed by atoms with E-state index in [0.717, 1.165) is 44.5 Å². The molecule has 1 aromatic rings. The highest BCUT2D eigenvalue weighted by Gasteiger charge is 2.12. The molecule has 0 aliphatic carbocycles. The molecule has 1 rings (SSSR count). The first-order valence-electron chi connectivity index (χ1n) is 8.12. The topological polar surface area (TPSA) is 26.3 Å². The van der Waals surface area contributed by atoms with Gasteiger partial charge in [-0.1, -0.05) is 52.0 Å². The number of unbranched alkanes of at least 4 members (excludes halogenated alkanes) is 1. The van der Waals surface area contributed by atoms with Gasteiger partial charge in [0.25, 0.3) is 0 Å². The van der Waals surface area contributed by atoms with Gasteiger partial charge in [-0.05, 0) is 36.7 Å². The average Bonchev–Trinajstić information content (AvgIpc) is 2.41. The standard InChI is InChI=1S/C19H30O2/c1-5-13-21-14-7-6-8-18(20)17-11-9-16(10-12-17)15-19(2,3)4/h9-12H,5-8,13-15H2,1-4H3. The zero-order valence-corrected chi connectivity index (χ0v) is 14.1. The second-order valence-corrected chi connectivity index (χ2v) is 6.93. The van der Waals surface area contributed by atoms with Crippen LogP contribution in [0.15, 0.2) is 24.3 Å². The van der Waals surface area contributed by atoms with Gasteiger partial charge in [0.2, 0.25) is 0 Å². The SMILES string of the molecule is CCCOCCCCC(=O)c1ccc(CC(C)(C)C)cc1. The van der Waals surface area contributed by atoms with E-state index in [2.05, 4.69) is 39.8 Å². The fraction of sp³-hybridized carbons (Fsp3) is 0.632. The molecule has 0 aliphatic rings. The van der Waals surface area contributed by atoms with Crippen LogP contribution >= 0.6 is 0 Å². The van der Waals surface area contributed by atoms with Crippen molar-refractivity contribution in [2.24, 2.45) is 5.41 Å². The highest BCUT2D eigenvalue weighted by atomic mass is 16.5. The van der Waals surface area contributed by atoms with Gasteiger partial charge in [0, 0.05) is 25.2 Å². The Morgan fingerprint density at radius 3 is 2.29 bits per heavy atom. The van der Waals surface area contributed by atoms with Crippen molar-refractivity contribution in [2.75, 3.05) is 13.2 Å². The van der Waals surface area contributed by atoms with Crippen molar-refractivity contribution in [3.63, 3.8) is 0 Å². The maximum atomic E-state index is 12.1.